The van der Waals surface area contributed by atoms with Crippen LogP contribution in [-0.2, 0) is 4.74 Å². The molecule has 2 atom stereocenters. The Morgan fingerprint density at radius 3 is 2.47 bits per heavy atom. The molecule has 0 aliphatic heterocycles. The Balaban J connectivity index is 3.11. The van der Waals surface area contributed by atoms with E-state index >= 15 is 0 Å². The van der Waals surface area contributed by atoms with Crippen LogP contribution < -0.4 is 5.32 Å². The highest BCUT2D eigenvalue weighted by Gasteiger charge is 2.01. The molecule has 0 aromatic heterocycles. The van der Waals surface area contributed by atoms with Crippen LogP contribution in [-0.4, -0.2) is 26.3 Å². The van der Waals surface area contributed by atoms with E-state index in [1.54, 1.807) is 0 Å². The maximum atomic E-state index is 5.64. The molecule has 0 aliphatic carbocycles. The molecule has 2 heteroatoms. The smallest absolute Gasteiger partial charge is 0.0491 e. The van der Waals surface area contributed by atoms with Gasteiger partial charge in [-0.05, 0) is 45.6 Å². The van der Waals surface area contributed by atoms with Crippen molar-refractivity contribution in [1.29, 1.82) is 0 Å². The van der Waals surface area contributed by atoms with E-state index in [9.17, 15) is 0 Å². The van der Waals surface area contributed by atoms with E-state index < -0.39 is 0 Å². The van der Waals surface area contributed by atoms with E-state index in [1.165, 1.54) is 32.1 Å². The van der Waals surface area contributed by atoms with E-state index in [1.807, 2.05) is 7.05 Å². The summed E-state index contributed by atoms with van der Waals surface area (Å²) in [7, 11) is 2.02. The van der Waals surface area contributed by atoms with Gasteiger partial charge in [0.25, 0.3) is 0 Å². The second-order valence-electron chi connectivity index (χ2n) is 4.65. The van der Waals surface area contributed by atoms with E-state index in [-0.39, 0.29) is 0 Å². The highest BCUT2D eigenvalue weighted by molar-refractivity contribution is 4.56. The second kappa shape index (κ2) is 10.4. The topological polar surface area (TPSA) is 21.3 Å². The second-order valence-corrected chi connectivity index (χ2v) is 4.65. The maximum absolute atomic E-state index is 5.64. The quantitative estimate of drug-likeness (QED) is 0.565. The van der Waals surface area contributed by atoms with Crippen LogP contribution in [0.15, 0.2) is 0 Å². The minimum absolute atomic E-state index is 0.643. The van der Waals surface area contributed by atoms with Crippen LogP contribution in [0.5, 0.6) is 0 Å². The summed E-state index contributed by atoms with van der Waals surface area (Å²) in [5.74, 6) is 0.728. The molecule has 0 bridgehead atoms. The zero-order valence-electron chi connectivity index (χ0n) is 11.0. The van der Waals surface area contributed by atoms with Crippen molar-refractivity contribution in [2.75, 3.05) is 20.3 Å². The van der Waals surface area contributed by atoms with Crippen LogP contribution in [0, 0.1) is 5.92 Å². The van der Waals surface area contributed by atoms with Gasteiger partial charge in [-0.2, -0.15) is 0 Å². The van der Waals surface area contributed by atoms with Crippen molar-refractivity contribution in [3.63, 3.8) is 0 Å². The predicted molar refractivity (Wildman–Crippen MR) is 67.3 cm³/mol. The zero-order valence-corrected chi connectivity index (χ0v) is 11.0. The van der Waals surface area contributed by atoms with Crippen LogP contribution >= 0.6 is 0 Å². The van der Waals surface area contributed by atoms with Crippen LogP contribution in [0.2, 0.25) is 0 Å². The van der Waals surface area contributed by atoms with Gasteiger partial charge in [0.15, 0.2) is 0 Å². The molecule has 0 saturated carbocycles. The lowest BCUT2D eigenvalue weighted by Gasteiger charge is -2.12. The van der Waals surface area contributed by atoms with Crippen molar-refractivity contribution < 1.29 is 4.74 Å². The van der Waals surface area contributed by atoms with Gasteiger partial charge in [-0.3, -0.25) is 0 Å². The largest absolute Gasteiger partial charge is 0.381 e. The summed E-state index contributed by atoms with van der Waals surface area (Å²) in [6.07, 6.45) is 6.28. The van der Waals surface area contributed by atoms with Crippen LogP contribution in [0.3, 0.4) is 0 Å². The molecule has 2 nitrogen and oxygen atoms in total. The van der Waals surface area contributed by atoms with Crippen molar-refractivity contribution >= 4 is 0 Å². The summed E-state index contributed by atoms with van der Waals surface area (Å²) in [5, 5.41) is 3.25. The minimum Gasteiger partial charge on any atom is -0.381 e. The van der Waals surface area contributed by atoms with Crippen molar-refractivity contribution in [3.8, 4) is 0 Å². The number of hydrogen-bond acceptors (Lipinski definition) is 2. The zero-order chi connectivity index (χ0) is 11.5. The molecule has 0 radical (unpaired) electrons. The van der Waals surface area contributed by atoms with E-state index in [4.69, 9.17) is 4.74 Å². The van der Waals surface area contributed by atoms with E-state index in [0.29, 0.717) is 6.04 Å². The van der Waals surface area contributed by atoms with Gasteiger partial charge in [0.1, 0.15) is 0 Å². The molecule has 0 aromatic carbocycles. The number of rotatable bonds is 10. The first-order chi connectivity index (χ1) is 7.20. The van der Waals surface area contributed by atoms with Gasteiger partial charge in [-0.25, -0.2) is 0 Å². The maximum Gasteiger partial charge on any atom is 0.0491 e. The molecule has 92 valence electrons. The Labute approximate surface area is 95.8 Å². The third-order valence-electron chi connectivity index (χ3n) is 2.85. The van der Waals surface area contributed by atoms with Crippen molar-refractivity contribution in [1.82, 2.24) is 5.32 Å². The van der Waals surface area contributed by atoms with Crippen molar-refractivity contribution in [2.45, 2.75) is 58.9 Å². The van der Waals surface area contributed by atoms with Gasteiger partial charge in [-0.1, -0.05) is 20.3 Å². The first kappa shape index (κ1) is 14.9. The summed E-state index contributed by atoms with van der Waals surface area (Å²) in [5.41, 5.74) is 0. The standard InChI is InChI=1S/C13H29NO/c1-5-8-12(2)11-15-10-7-6-9-13(3)14-4/h12-14H,5-11H2,1-4H3. The van der Waals surface area contributed by atoms with Crippen LogP contribution in [0.1, 0.15) is 52.9 Å². The fourth-order valence-electron chi connectivity index (χ4n) is 1.66. The van der Waals surface area contributed by atoms with Gasteiger partial charge in [0.05, 0.1) is 0 Å². The average Bonchev–Trinajstić information content (AvgIpc) is 2.23. The summed E-state index contributed by atoms with van der Waals surface area (Å²) < 4.78 is 5.64. The predicted octanol–water partition coefficient (Wildman–Crippen LogP) is 3.22. The molecule has 1 N–H and O–H groups in total. The molecule has 0 heterocycles. The lowest BCUT2D eigenvalue weighted by molar-refractivity contribution is 0.0980. The van der Waals surface area contributed by atoms with Gasteiger partial charge >= 0.3 is 0 Å². The Kier molecular flexibility index (Phi) is 10.4. The summed E-state index contributed by atoms with van der Waals surface area (Å²) in [4.78, 5) is 0. The van der Waals surface area contributed by atoms with Gasteiger partial charge in [-0.15, -0.1) is 0 Å². The van der Waals surface area contributed by atoms with E-state index in [0.717, 1.165) is 19.1 Å². The first-order valence-corrected chi connectivity index (χ1v) is 6.45. The Hall–Kier alpha value is -0.0800. The number of unbranched alkanes of at least 4 members (excludes halogenated alkanes) is 1. The molecule has 0 amide bonds. The molecule has 0 aliphatic rings. The Morgan fingerprint density at radius 1 is 1.13 bits per heavy atom. The van der Waals surface area contributed by atoms with Gasteiger partial charge in [0, 0.05) is 19.3 Å². The third kappa shape index (κ3) is 10.2. The molecule has 2 unspecified atom stereocenters. The molecule has 15 heavy (non-hydrogen) atoms. The van der Waals surface area contributed by atoms with Crippen LogP contribution in [0.4, 0.5) is 0 Å². The third-order valence-corrected chi connectivity index (χ3v) is 2.85. The summed E-state index contributed by atoms with van der Waals surface area (Å²) in [6.45, 7) is 8.60. The van der Waals surface area contributed by atoms with Gasteiger partial charge in [0.2, 0.25) is 0 Å². The fraction of sp³-hybridized carbons (Fsp3) is 1.00. The summed E-state index contributed by atoms with van der Waals surface area (Å²) in [6, 6.07) is 0.643. The fourth-order valence-corrected chi connectivity index (χ4v) is 1.66. The summed E-state index contributed by atoms with van der Waals surface area (Å²) >= 11 is 0. The lowest BCUT2D eigenvalue weighted by Crippen LogP contribution is -2.20. The molecule has 0 saturated heterocycles. The minimum atomic E-state index is 0.643. The number of nitrogens with one attached hydrogen (secondary N) is 1. The molecular weight excluding hydrogens is 186 g/mol. The molecule has 0 aromatic rings. The lowest BCUT2D eigenvalue weighted by atomic mass is 10.1. The SMILES string of the molecule is CCCC(C)COCCCCC(C)NC. The average molecular weight is 215 g/mol. The van der Waals surface area contributed by atoms with Crippen molar-refractivity contribution in [2.24, 2.45) is 5.92 Å². The molecule has 0 rings (SSSR count). The van der Waals surface area contributed by atoms with Crippen molar-refractivity contribution in [3.05, 3.63) is 0 Å². The highest BCUT2D eigenvalue weighted by atomic mass is 16.5. The van der Waals surface area contributed by atoms with Crippen LogP contribution in [0.25, 0.3) is 0 Å². The normalized spacial score (nSPS) is 15.2. The number of hydrogen-bond donors (Lipinski definition) is 1. The molecular formula is C13H29NO. The monoisotopic (exact) mass is 215 g/mol. The molecule has 0 spiro atoms. The highest BCUT2D eigenvalue weighted by Crippen LogP contribution is 2.06. The Morgan fingerprint density at radius 2 is 1.87 bits per heavy atom. The molecule has 0 fully saturated rings. The first-order valence-electron chi connectivity index (χ1n) is 6.45. The van der Waals surface area contributed by atoms with E-state index in [2.05, 4.69) is 26.1 Å². The Bertz CT molecular complexity index is 128. The number of ether oxygens (including phenoxy) is 1. The van der Waals surface area contributed by atoms with Gasteiger partial charge < -0.3 is 10.1 Å².